The highest BCUT2D eigenvalue weighted by Crippen LogP contribution is 2.21. The SMILES string of the molecule is CN(C)C(=O)c1ccc(-c2ccc(Nc3cccnc3)nc2)cc1. The molecule has 3 rings (SSSR count). The van der Waals surface area contributed by atoms with Crippen LogP contribution in [0.3, 0.4) is 0 Å². The highest BCUT2D eigenvalue weighted by atomic mass is 16.2. The predicted octanol–water partition coefficient (Wildman–Crippen LogP) is 3.59. The van der Waals surface area contributed by atoms with E-state index in [2.05, 4.69) is 15.3 Å². The van der Waals surface area contributed by atoms with E-state index in [0.29, 0.717) is 5.56 Å². The molecule has 0 fully saturated rings. The van der Waals surface area contributed by atoms with E-state index in [9.17, 15) is 4.79 Å². The van der Waals surface area contributed by atoms with E-state index in [0.717, 1.165) is 22.6 Å². The number of nitrogens with one attached hydrogen (secondary N) is 1. The van der Waals surface area contributed by atoms with Crippen LogP contribution in [0.2, 0.25) is 0 Å². The number of benzene rings is 1. The highest BCUT2D eigenvalue weighted by molar-refractivity contribution is 5.94. The molecule has 1 aromatic carbocycles. The summed E-state index contributed by atoms with van der Waals surface area (Å²) >= 11 is 0. The van der Waals surface area contributed by atoms with E-state index in [1.807, 2.05) is 54.7 Å². The smallest absolute Gasteiger partial charge is 0.253 e. The summed E-state index contributed by atoms with van der Waals surface area (Å²) in [6.07, 6.45) is 5.28. The van der Waals surface area contributed by atoms with E-state index < -0.39 is 0 Å². The highest BCUT2D eigenvalue weighted by Gasteiger charge is 2.08. The molecule has 1 N–H and O–H groups in total. The molecule has 3 aromatic rings. The number of rotatable bonds is 4. The minimum absolute atomic E-state index is 0.00399. The fraction of sp³-hybridized carbons (Fsp3) is 0.105. The number of carbonyl (C=O) groups is 1. The summed E-state index contributed by atoms with van der Waals surface area (Å²) in [7, 11) is 3.49. The molecule has 0 saturated heterocycles. The van der Waals surface area contributed by atoms with Crippen molar-refractivity contribution in [3.8, 4) is 11.1 Å². The number of hydrogen-bond acceptors (Lipinski definition) is 4. The number of carbonyl (C=O) groups excluding carboxylic acids is 1. The Morgan fingerprint density at radius 3 is 2.29 bits per heavy atom. The standard InChI is InChI=1S/C19H18N4O/c1-23(2)19(24)15-7-5-14(6-8-15)16-9-10-18(21-12-16)22-17-4-3-11-20-13-17/h3-13H,1-2H3,(H,21,22). The molecule has 5 nitrogen and oxygen atoms in total. The van der Waals surface area contributed by atoms with Crippen molar-refractivity contribution in [1.82, 2.24) is 14.9 Å². The Morgan fingerprint density at radius 2 is 1.71 bits per heavy atom. The molecular formula is C19H18N4O. The lowest BCUT2D eigenvalue weighted by Crippen LogP contribution is -2.21. The minimum Gasteiger partial charge on any atom is -0.345 e. The molecule has 1 amide bonds. The molecule has 0 aliphatic carbocycles. The first-order valence-electron chi connectivity index (χ1n) is 7.59. The van der Waals surface area contributed by atoms with Crippen LogP contribution in [0, 0.1) is 0 Å². The van der Waals surface area contributed by atoms with Gasteiger partial charge in [-0.05, 0) is 42.0 Å². The maximum Gasteiger partial charge on any atom is 0.253 e. The van der Waals surface area contributed by atoms with Crippen molar-refractivity contribution in [2.45, 2.75) is 0 Å². The number of hydrogen-bond donors (Lipinski definition) is 1. The van der Waals surface area contributed by atoms with Crippen molar-refractivity contribution in [1.29, 1.82) is 0 Å². The first-order valence-corrected chi connectivity index (χ1v) is 7.59. The van der Waals surface area contributed by atoms with Crippen molar-refractivity contribution >= 4 is 17.4 Å². The van der Waals surface area contributed by atoms with E-state index >= 15 is 0 Å². The van der Waals surface area contributed by atoms with Gasteiger partial charge in [-0.15, -0.1) is 0 Å². The van der Waals surface area contributed by atoms with Crippen LogP contribution >= 0.6 is 0 Å². The molecule has 0 saturated carbocycles. The van der Waals surface area contributed by atoms with Gasteiger partial charge in [-0.3, -0.25) is 9.78 Å². The van der Waals surface area contributed by atoms with Gasteiger partial charge in [0.2, 0.25) is 0 Å². The topological polar surface area (TPSA) is 58.1 Å². The molecule has 0 aliphatic heterocycles. The van der Waals surface area contributed by atoms with Crippen molar-refractivity contribution in [3.63, 3.8) is 0 Å². The van der Waals surface area contributed by atoms with Gasteiger partial charge in [-0.2, -0.15) is 0 Å². The molecule has 0 radical (unpaired) electrons. The van der Waals surface area contributed by atoms with Gasteiger partial charge >= 0.3 is 0 Å². The van der Waals surface area contributed by atoms with Gasteiger partial charge in [0.05, 0.1) is 11.9 Å². The van der Waals surface area contributed by atoms with Crippen molar-refractivity contribution in [2.75, 3.05) is 19.4 Å². The summed E-state index contributed by atoms with van der Waals surface area (Å²) in [6, 6.07) is 15.2. The van der Waals surface area contributed by atoms with Crippen LogP contribution in [0.5, 0.6) is 0 Å². The lowest BCUT2D eigenvalue weighted by molar-refractivity contribution is 0.0827. The van der Waals surface area contributed by atoms with E-state index in [-0.39, 0.29) is 5.91 Å². The summed E-state index contributed by atoms with van der Waals surface area (Å²) in [5, 5.41) is 3.20. The van der Waals surface area contributed by atoms with Crippen LogP contribution in [0.25, 0.3) is 11.1 Å². The first-order chi connectivity index (χ1) is 11.6. The Labute approximate surface area is 141 Å². The molecular weight excluding hydrogens is 300 g/mol. The Balaban J connectivity index is 1.75. The molecule has 0 bridgehead atoms. The van der Waals surface area contributed by atoms with Gasteiger partial charge in [-0.1, -0.05) is 12.1 Å². The van der Waals surface area contributed by atoms with Gasteiger partial charge in [0, 0.05) is 37.6 Å². The minimum atomic E-state index is -0.00399. The van der Waals surface area contributed by atoms with Crippen LogP contribution in [0.15, 0.2) is 67.1 Å². The third-order valence-electron chi connectivity index (χ3n) is 3.57. The molecule has 120 valence electrons. The van der Waals surface area contributed by atoms with Gasteiger partial charge < -0.3 is 10.2 Å². The molecule has 0 spiro atoms. The monoisotopic (exact) mass is 318 g/mol. The Kier molecular flexibility index (Phi) is 4.52. The number of amides is 1. The molecule has 0 unspecified atom stereocenters. The average Bonchev–Trinajstić information content (AvgIpc) is 2.63. The largest absolute Gasteiger partial charge is 0.345 e. The Morgan fingerprint density at radius 1 is 0.958 bits per heavy atom. The second-order valence-corrected chi connectivity index (χ2v) is 5.58. The zero-order chi connectivity index (χ0) is 16.9. The normalized spacial score (nSPS) is 10.2. The predicted molar refractivity (Wildman–Crippen MR) is 95.2 cm³/mol. The number of pyridine rings is 2. The third kappa shape index (κ3) is 3.57. The maximum atomic E-state index is 11.9. The second kappa shape index (κ2) is 6.91. The number of aromatic nitrogens is 2. The number of nitrogens with zero attached hydrogens (tertiary/aromatic N) is 3. The Hall–Kier alpha value is -3.21. The Bertz CT molecular complexity index is 812. The van der Waals surface area contributed by atoms with Gasteiger partial charge in [0.15, 0.2) is 0 Å². The van der Waals surface area contributed by atoms with Crippen LogP contribution in [0.1, 0.15) is 10.4 Å². The summed E-state index contributed by atoms with van der Waals surface area (Å²) in [5.41, 5.74) is 3.58. The fourth-order valence-electron chi connectivity index (χ4n) is 2.29. The number of anilines is 2. The van der Waals surface area contributed by atoms with Crippen LogP contribution < -0.4 is 5.32 Å². The first kappa shape index (κ1) is 15.7. The summed E-state index contributed by atoms with van der Waals surface area (Å²) in [4.78, 5) is 22.0. The second-order valence-electron chi connectivity index (χ2n) is 5.58. The van der Waals surface area contributed by atoms with E-state index in [1.165, 1.54) is 0 Å². The summed E-state index contributed by atoms with van der Waals surface area (Å²) in [6.45, 7) is 0. The lowest BCUT2D eigenvalue weighted by atomic mass is 10.1. The molecule has 2 heterocycles. The van der Waals surface area contributed by atoms with Crippen molar-refractivity contribution in [2.24, 2.45) is 0 Å². The molecule has 0 aliphatic rings. The third-order valence-corrected chi connectivity index (χ3v) is 3.57. The molecule has 24 heavy (non-hydrogen) atoms. The van der Waals surface area contributed by atoms with Crippen molar-refractivity contribution in [3.05, 3.63) is 72.7 Å². The van der Waals surface area contributed by atoms with Crippen LogP contribution in [-0.2, 0) is 0 Å². The van der Waals surface area contributed by atoms with Gasteiger partial charge in [-0.25, -0.2) is 4.98 Å². The summed E-state index contributed by atoms with van der Waals surface area (Å²) in [5.74, 6) is 0.752. The van der Waals surface area contributed by atoms with Crippen molar-refractivity contribution < 1.29 is 4.79 Å². The molecule has 2 aromatic heterocycles. The van der Waals surface area contributed by atoms with Gasteiger partial charge in [0.1, 0.15) is 5.82 Å². The maximum absolute atomic E-state index is 11.9. The van der Waals surface area contributed by atoms with E-state index in [4.69, 9.17) is 0 Å². The summed E-state index contributed by atoms with van der Waals surface area (Å²) < 4.78 is 0. The van der Waals surface area contributed by atoms with Gasteiger partial charge in [0.25, 0.3) is 5.91 Å². The van der Waals surface area contributed by atoms with Crippen LogP contribution in [-0.4, -0.2) is 34.9 Å². The zero-order valence-corrected chi connectivity index (χ0v) is 13.6. The van der Waals surface area contributed by atoms with E-state index in [1.54, 1.807) is 31.4 Å². The van der Waals surface area contributed by atoms with Crippen LogP contribution in [0.4, 0.5) is 11.5 Å². The zero-order valence-electron chi connectivity index (χ0n) is 13.6. The fourth-order valence-corrected chi connectivity index (χ4v) is 2.29. The molecule has 5 heteroatoms. The molecule has 0 atom stereocenters. The lowest BCUT2D eigenvalue weighted by Gasteiger charge is -2.11. The average molecular weight is 318 g/mol. The quantitative estimate of drug-likeness (QED) is 0.798.